The number of hydrogen-bond donors (Lipinski definition) is 2. The van der Waals surface area contributed by atoms with Gasteiger partial charge in [0.2, 0.25) is 5.91 Å². The molecule has 2 aliphatic rings. The first-order valence-corrected chi connectivity index (χ1v) is 13.4. The summed E-state index contributed by atoms with van der Waals surface area (Å²) in [6.45, 7) is 6.30. The molecule has 208 valence electrons. The van der Waals surface area contributed by atoms with E-state index in [0.717, 1.165) is 36.3 Å². The molecule has 3 N–H and O–H groups in total. The Labute approximate surface area is 236 Å². The van der Waals surface area contributed by atoms with E-state index in [1.807, 2.05) is 6.07 Å². The molecule has 1 fully saturated rings. The van der Waals surface area contributed by atoms with Crippen molar-refractivity contribution < 1.29 is 13.9 Å². The lowest BCUT2D eigenvalue weighted by atomic mass is 9.96. The maximum absolute atomic E-state index is 14.2. The van der Waals surface area contributed by atoms with Crippen molar-refractivity contribution in [2.75, 3.05) is 26.7 Å². The minimum atomic E-state index is -0.420. The van der Waals surface area contributed by atoms with Gasteiger partial charge >= 0.3 is 0 Å². The van der Waals surface area contributed by atoms with E-state index in [4.69, 9.17) is 20.4 Å². The number of fused-ring (bicyclic) bond motifs is 2. The molecule has 0 bridgehead atoms. The number of benzene rings is 2. The molecule has 6 rings (SSSR count). The van der Waals surface area contributed by atoms with Crippen LogP contribution in [0.25, 0.3) is 33.6 Å². The average molecular weight is 552 g/mol. The fraction of sp³-hybridized carbons (Fsp3) is 0.226. The zero-order chi connectivity index (χ0) is 28.5. The molecule has 4 aromatic rings. The van der Waals surface area contributed by atoms with Gasteiger partial charge in [-0.15, -0.1) is 0 Å². The van der Waals surface area contributed by atoms with E-state index in [9.17, 15) is 9.18 Å². The summed E-state index contributed by atoms with van der Waals surface area (Å²) in [6, 6.07) is 12.6. The van der Waals surface area contributed by atoms with Gasteiger partial charge in [0.25, 0.3) is 0 Å². The number of amides is 1. The summed E-state index contributed by atoms with van der Waals surface area (Å²) in [5, 5.41) is 8.07. The normalized spacial score (nSPS) is 15.7. The fourth-order valence-corrected chi connectivity index (χ4v) is 5.35. The standard InChI is InChI=1S/C31H30FN7O2/c1-3-28(40)38-17-24(18-38)35-16-22(14-33)30-31(25-7-6-23(32)13-27(25)41-2)39-26(9-11-36-39)29(37-30)20-4-5-21-15-34-10-8-19(21)12-20/h3-7,9,11-14,16,24,34H,1,8,10,15,17-18,33H2,2H3/b22-14+,35-16?. The van der Waals surface area contributed by atoms with Gasteiger partial charge in [0.15, 0.2) is 0 Å². The van der Waals surface area contributed by atoms with Crippen molar-refractivity contribution in [3.8, 4) is 28.3 Å². The van der Waals surface area contributed by atoms with E-state index in [1.165, 1.54) is 42.6 Å². The Hall–Kier alpha value is -4.83. The van der Waals surface area contributed by atoms with Crippen LogP contribution in [0, 0.1) is 5.82 Å². The molecule has 9 nitrogen and oxygen atoms in total. The lowest BCUT2D eigenvalue weighted by Crippen LogP contribution is -2.52. The molecule has 0 saturated carbocycles. The van der Waals surface area contributed by atoms with Crippen LogP contribution in [0.4, 0.5) is 4.39 Å². The number of allylic oxidation sites excluding steroid dienone is 1. The first-order valence-electron chi connectivity index (χ1n) is 13.4. The van der Waals surface area contributed by atoms with Crippen LogP contribution >= 0.6 is 0 Å². The molecule has 0 spiro atoms. The first kappa shape index (κ1) is 26.4. The van der Waals surface area contributed by atoms with Gasteiger partial charge in [0, 0.05) is 54.8 Å². The number of nitrogens with two attached hydrogens (primary N) is 1. The number of nitrogens with one attached hydrogen (secondary N) is 1. The summed E-state index contributed by atoms with van der Waals surface area (Å²) in [7, 11) is 1.50. The minimum Gasteiger partial charge on any atom is -0.496 e. The Morgan fingerprint density at radius 3 is 2.85 bits per heavy atom. The third-order valence-corrected chi connectivity index (χ3v) is 7.56. The van der Waals surface area contributed by atoms with Crippen molar-refractivity contribution in [1.29, 1.82) is 0 Å². The van der Waals surface area contributed by atoms with E-state index in [0.29, 0.717) is 41.4 Å². The summed E-state index contributed by atoms with van der Waals surface area (Å²) < 4.78 is 21.6. The van der Waals surface area contributed by atoms with E-state index in [-0.39, 0.29) is 11.9 Å². The van der Waals surface area contributed by atoms with Crippen LogP contribution in [0.1, 0.15) is 16.8 Å². The second-order valence-electron chi connectivity index (χ2n) is 10.0. The number of carbonyl (C=O) groups is 1. The topological polar surface area (TPSA) is 110 Å². The highest BCUT2D eigenvalue weighted by Gasteiger charge is 2.29. The molecular formula is C31H30FN7O2. The number of methoxy groups -OCH3 is 1. The summed E-state index contributed by atoms with van der Waals surface area (Å²) in [5.41, 5.74) is 13.5. The Morgan fingerprint density at radius 1 is 1.22 bits per heavy atom. The Morgan fingerprint density at radius 2 is 2.07 bits per heavy atom. The molecule has 0 atom stereocenters. The molecule has 4 heterocycles. The van der Waals surface area contributed by atoms with E-state index in [2.05, 4.69) is 35.2 Å². The van der Waals surface area contributed by atoms with Crippen molar-refractivity contribution >= 4 is 23.2 Å². The summed E-state index contributed by atoms with van der Waals surface area (Å²) in [4.78, 5) is 23.4. The molecule has 1 saturated heterocycles. The summed E-state index contributed by atoms with van der Waals surface area (Å²) in [6.07, 6.45) is 7.08. The second kappa shape index (κ2) is 11.0. The number of aromatic nitrogens is 3. The number of aliphatic imine (C=N–C) groups is 1. The molecule has 0 unspecified atom stereocenters. The van der Waals surface area contributed by atoms with Crippen LogP contribution in [-0.2, 0) is 17.8 Å². The lowest BCUT2D eigenvalue weighted by molar-refractivity contribution is -0.130. The molecule has 0 radical (unpaired) electrons. The average Bonchev–Trinajstić information content (AvgIpc) is 3.47. The molecule has 0 aliphatic carbocycles. The first-order chi connectivity index (χ1) is 20.0. The highest BCUT2D eigenvalue weighted by Crippen LogP contribution is 2.38. The number of nitrogens with zero attached hydrogens (tertiary/aromatic N) is 5. The van der Waals surface area contributed by atoms with Crippen LogP contribution in [0.3, 0.4) is 0 Å². The van der Waals surface area contributed by atoms with Crippen LogP contribution < -0.4 is 15.8 Å². The minimum absolute atomic E-state index is 0.0696. The van der Waals surface area contributed by atoms with Gasteiger partial charge < -0.3 is 20.7 Å². The Balaban J connectivity index is 1.51. The molecular weight excluding hydrogens is 521 g/mol. The van der Waals surface area contributed by atoms with Gasteiger partial charge in [-0.3, -0.25) is 9.79 Å². The Bertz CT molecular complexity index is 1720. The third kappa shape index (κ3) is 4.87. The van der Waals surface area contributed by atoms with Crippen molar-refractivity contribution in [1.82, 2.24) is 24.8 Å². The van der Waals surface area contributed by atoms with E-state index < -0.39 is 5.82 Å². The number of halogens is 1. The third-order valence-electron chi connectivity index (χ3n) is 7.56. The van der Waals surface area contributed by atoms with Gasteiger partial charge in [-0.1, -0.05) is 18.7 Å². The largest absolute Gasteiger partial charge is 0.496 e. The number of carbonyl (C=O) groups excluding carboxylic acids is 1. The summed E-state index contributed by atoms with van der Waals surface area (Å²) >= 11 is 0. The maximum Gasteiger partial charge on any atom is 0.246 e. The zero-order valence-electron chi connectivity index (χ0n) is 22.7. The van der Waals surface area contributed by atoms with Crippen molar-refractivity contribution in [2.45, 2.75) is 19.0 Å². The molecule has 1 amide bonds. The van der Waals surface area contributed by atoms with Crippen molar-refractivity contribution in [2.24, 2.45) is 10.7 Å². The quantitative estimate of drug-likeness (QED) is 0.268. The predicted molar refractivity (Wildman–Crippen MR) is 157 cm³/mol. The zero-order valence-corrected chi connectivity index (χ0v) is 22.7. The number of hydrogen-bond acceptors (Lipinski definition) is 7. The van der Waals surface area contributed by atoms with Crippen molar-refractivity contribution in [3.05, 3.63) is 90.2 Å². The van der Waals surface area contributed by atoms with Crippen LogP contribution in [-0.4, -0.2) is 64.4 Å². The maximum atomic E-state index is 14.2. The Kier molecular flexibility index (Phi) is 7.07. The molecule has 41 heavy (non-hydrogen) atoms. The second-order valence-corrected chi connectivity index (χ2v) is 10.0. The van der Waals surface area contributed by atoms with Crippen LogP contribution in [0.2, 0.25) is 0 Å². The highest BCUT2D eigenvalue weighted by atomic mass is 19.1. The van der Waals surface area contributed by atoms with E-state index in [1.54, 1.807) is 27.9 Å². The number of ether oxygens (including phenoxy) is 1. The lowest BCUT2D eigenvalue weighted by Gasteiger charge is -2.36. The molecule has 2 aromatic heterocycles. The highest BCUT2D eigenvalue weighted by molar-refractivity contribution is 6.11. The van der Waals surface area contributed by atoms with Gasteiger partial charge in [-0.25, -0.2) is 13.9 Å². The van der Waals surface area contributed by atoms with Crippen LogP contribution in [0.15, 0.2) is 72.5 Å². The fourth-order valence-electron chi connectivity index (χ4n) is 5.35. The molecule has 10 heteroatoms. The SMILES string of the molecule is C=CC(=O)N1CC(N=C/C(=C\N)c2nc(-c3ccc4c(c3)CCNC4)c3ccnn3c2-c2ccc(F)cc2OC)C1. The predicted octanol–water partition coefficient (Wildman–Crippen LogP) is 3.62. The van der Waals surface area contributed by atoms with E-state index >= 15 is 0 Å². The van der Waals surface area contributed by atoms with Crippen molar-refractivity contribution in [3.63, 3.8) is 0 Å². The molecule has 2 aromatic carbocycles. The molecule has 2 aliphatic heterocycles. The van der Waals surface area contributed by atoms with Gasteiger partial charge in [0.05, 0.1) is 30.6 Å². The van der Waals surface area contributed by atoms with Gasteiger partial charge in [-0.05, 0) is 54.4 Å². The smallest absolute Gasteiger partial charge is 0.246 e. The van der Waals surface area contributed by atoms with Gasteiger partial charge in [-0.2, -0.15) is 5.10 Å². The summed E-state index contributed by atoms with van der Waals surface area (Å²) in [5.74, 6) is -0.200. The monoisotopic (exact) mass is 551 g/mol. The number of rotatable bonds is 7. The van der Waals surface area contributed by atoms with Gasteiger partial charge in [0.1, 0.15) is 23.0 Å². The number of likely N-dealkylation sites (tertiary alicyclic amines) is 1. The van der Waals surface area contributed by atoms with Crippen LogP contribution in [0.5, 0.6) is 5.75 Å².